The topological polar surface area (TPSA) is 49.3 Å². The van der Waals surface area contributed by atoms with Gasteiger partial charge in [-0.15, -0.1) is 0 Å². The molecule has 1 aliphatic heterocycles. The highest BCUT2D eigenvalue weighted by Gasteiger charge is 2.46. The lowest BCUT2D eigenvalue weighted by molar-refractivity contribution is -0.146. The van der Waals surface area contributed by atoms with Crippen molar-refractivity contribution >= 4 is 17.7 Å². The van der Waals surface area contributed by atoms with Gasteiger partial charge in [0.25, 0.3) is 0 Å². The summed E-state index contributed by atoms with van der Waals surface area (Å²) in [5.74, 6) is -2.35. The summed E-state index contributed by atoms with van der Waals surface area (Å²) in [5, 5.41) is 10.8. The van der Waals surface area contributed by atoms with E-state index in [1.165, 1.54) is 0 Å². The van der Waals surface area contributed by atoms with Gasteiger partial charge in [0.2, 0.25) is 0 Å². The smallest absolute Gasteiger partial charge is 0.413 e. The Kier molecular flexibility index (Phi) is 2.76. The van der Waals surface area contributed by atoms with Crippen LogP contribution in [0.2, 0.25) is 0 Å². The largest absolute Gasteiger partial charge is 0.478 e. The Labute approximate surface area is 98.7 Å². The molecule has 0 fully saturated rings. The van der Waals surface area contributed by atoms with Gasteiger partial charge >= 0.3 is 12.1 Å². The number of carboxylic acids is 1. The molecule has 96 valence electrons. The molecule has 0 spiro atoms. The van der Waals surface area contributed by atoms with Crippen molar-refractivity contribution in [2.24, 2.45) is 0 Å². The maximum Gasteiger partial charge on any atom is 0.413 e. The van der Waals surface area contributed by atoms with Crippen LogP contribution in [0.5, 0.6) is 0 Å². The van der Waals surface area contributed by atoms with Crippen LogP contribution in [0.15, 0.2) is 23.8 Å². The first-order valence-electron chi connectivity index (χ1n) is 4.87. The van der Waals surface area contributed by atoms with Crippen LogP contribution in [0.3, 0.4) is 0 Å². The number of anilines is 1. The van der Waals surface area contributed by atoms with Gasteiger partial charge in [-0.2, -0.15) is 13.2 Å². The molecule has 2 N–H and O–H groups in total. The Morgan fingerprint density at radius 2 is 2.00 bits per heavy atom. The van der Waals surface area contributed by atoms with Gasteiger partial charge in [-0.25, -0.2) is 9.18 Å². The predicted octanol–water partition coefficient (Wildman–Crippen LogP) is 2.65. The Morgan fingerprint density at radius 1 is 1.33 bits per heavy atom. The van der Waals surface area contributed by atoms with Crippen LogP contribution >= 0.6 is 0 Å². The number of rotatable bonds is 1. The molecule has 7 heteroatoms. The lowest BCUT2D eigenvalue weighted by Gasteiger charge is -2.27. The predicted molar refractivity (Wildman–Crippen MR) is 55.5 cm³/mol. The average Bonchev–Trinajstić information content (AvgIpc) is 2.25. The van der Waals surface area contributed by atoms with Crippen LogP contribution in [-0.2, 0) is 4.79 Å². The molecule has 1 atom stereocenters. The summed E-state index contributed by atoms with van der Waals surface area (Å²) < 4.78 is 51.0. The van der Waals surface area contributed by atoms with E-state index < -0.39 is 29.6 Å². The molecule has 3 nitrogen and oxygen atoms in total. The van der Waals surface area contributed by atoms with Crippen LogP contribution in [0.1, 0.15) is 5.56 Å². The van der Waals surface area contributed by atoms with Crippen molar-refractivity contribution < 1.29 is 27.5 Å². The summed E-state index contributed by atoms with van der Waals surface area (Å²) >= 11 is 0. The Morgan fingerprint density at radius 3 is 2.56 bits per heavy atom. The van der Waals surface area contributed by atoms with Crippen LogP contribution in [-0.4, -0.2) is 23.3 Å². The highest BCUT2D eigenvalue weighted by atomic mass is 19.4. The SMILES string of the molecule is O=C(O)C1=Cc2cc(F)ccc2NC1C(F)(F)F. The number of aliphatic carboxylic acids is 1. The molecule has 1 aromatic rings. The quantitative estimate of drug-likeness (QED) is 0.764. The van der Waals surface area contributed by atoms with E-state index in [4.69, 9.17) is 5.11 Å². The standard InChI is InChI=1S/C11H7F4NO2/c12-6-1-2-8-5(3-6)4-7(10(17)18)9(16-8)11(13,14)15/h1-4,9,16H,(H,17,18). The van der Waals surface area contributed by atoms with E-state index in [2.05, 4.69) is 5.32 Å². The minimum Gasteiger partial charge on any atom is -0.478 e. The molecule has 1 unspecified atom stereocenters. The number of alkyl halides is 3. The van der Waals surface area contributed by atoms with Crippen molar-refractivity contribution in [2.75, 3.05) is 5.32 Å². The molecular weight excluding hydrogens is 254 g/mol. The Bertz CT molecular complexity index is 536. The zero-order chi connectivity index (χ0) is 13.5. The maximum absolute atomic E-state index is 12.9. The first-order valence-corrected chi connectivity index (χ1v) is 4.87. The second-order valence-corrected chi connectivity index (χ2v) is 3.76. The summed E-state index contributed by atoms with van der Waals surface area (Å²) in [7, 11) is 0. The molecule has 1 heterocycles. The third-order valence-electron chi connectivity index (χ3n) is 2.51. The number of benzene rings is 1. The second-order valence-electron chi connectivity index (χ2n) is 3.76. The lowest BCUT2D eigenvalue weighted by atomic mass is 9.97. The van der Waals surface area contributed by atoms with E-state index in [1.54, 1.807) is 0 Å². The summed E-state index contributed by atoms with van der Waals surface area (Å²) in [6.45, 7) is 0. The Hall–Kier alpha value is -2.05. The van der Waals surface area contributed by atoms with Crippen LogP contribution in [0.25, 0.3) is 6.08 Å². The molecule has 0 aliphatic carbocycles. The fourth-order valence-corrected chi connectivity index (χ4v) is 1.71. The minimum atomic E-state index is -4.74. The summed E-state index contributed by atoms with van der Waals surface area (Å²) in [6, 6.07) is 0.808. The number of halogens is 4. The molecule has 0 bridgehead atoms. The minimum absolute atomic E-state index is 0.0451. The third kappa shape index (κ3) is 2.15. The van der Waals surface area contributed by atoms with E-state index in [9.17, 15) is 22.4 Å². The third-order valence-corrected chi connectivity index (χ3v) is 2.51. The molecule has 1 aromatic carbocycles. The van der Waals surface area contributed by atoms with E-state index in [-0.39, 0.29) is 11.3 Å². The van der Waals surface area contributed by atoms with Crippen LogP contribution in [0, 0.1) is 5.82 Å². The molecular formula is C11H7F4NO2. The highest BCUT2D eigenvalue weighted by Crippen LogP contribution is 2.35. The average molecular weight is 261 g/mol. The normalized spacial score (nSPS) is 18.7. The number of fused-ring (bicyclic) bond motifs is 1. The van der Waals surface area contributed by atoms with Gasteiger partial charge < -0.3 is 10.4 Å². The Balaban J connectivity index is 2.53. The molecule has 0 amide bonds. The van der Waals surface area contributed by atoms with E-state index in [0.717, 1.165) is 24.3 Å². The van der Waals surface area contributed by atoms with E-state index in [0.29, 0.717) is 0 Å². The van der Waals surface area contributed by atoms with E-state index >= 15 is 0 Å². The van der Waals surface area contributed by atoms with Crippen LogP contribution in [0.4, 0.5) is 23.2 Å². The van der Waals surface area contributed by atoms with Crippen molar-refractivity contribution in [3.63, 3.8) is 0 Å². The highest BCUT2D eigenvalue weighted by molar-refractivity contribution is 5.97. The number of carbonyl (C=O) groups is 1. The summed E-state index contributed by atoms with van der Waals surface area (Å²) in [4.78, 5) is 10.8. The van der Waals surface area contributed by atoms with Crippen molar-refractivity contribution in [3.05, 3.63) is 35.2 Å². The summed E-state index contributed by atoms with van der Waals surface area (Å²) in [6.07, 6.45) is -3.91. The molecule has 0 saturated heterocycles. The second kappa shape index (κ2) is 4.01. The fourth-order valence-electron chi connectivity index (χ4n) is 1.71. The number of hydrogen-bond acceptors (Lipinski definition) is 2. The van der Waals surface area contributed by atoms with Gasteiger partial charge in [0, 0.05) is 11.3 Å². The monoisotopic (exact) mass is 261 g/mol. The van der Waals surface area contributed by atoms with Crippen molar-refractivity contribution in [3.8, 4) is 0 Å². The van der Waals surface area contributed by atoms with Gasteiger partial charge in [-0.3, -0.25) is 0 Å². The van der Waals surface area contributed by atoms with Crippen molar-refractivity contribution in [1.29, 1.82) is 0 Å². The van der Waals surface area contributed by atoms with Crippen molar-refractivity contribution in [1.82, 2.24) is 0 Å². The number of carboxylic acid groups (broad SMARTS) is 1. The van der Waals surface area contributed by atoms with Crippen LogP contribution < -0.4 is 5.32 Å². The van der Waals surface area contributed by atoms with E-state index in [1.807, 2.05) is 0 Å². The van der Waals surface area contributed by atoms with Gasteiger partial charge in [-0.05, 0) is 24.3 Å². The first kappa shape index (κ1) is 12.4. The van der Waals surface area contributed by atoms with Crippen molar-refractivity contribution in [2.45, 2.75) is 12.2 Å². The number of nitrogens with one attached hydrogen (secondary N) is 1. The molecule has 0 aromatic heterocycles. The molecule has 0 saturated carbocycles. The zero-order valence-electron chi connectivity index (χ0n) is 8.75. The van der Waals surface area contributed by atoms with Gasteiger partial charge in [0.15, 0.2) is 6.04 Å². The number of hydrogen-bond donors (Lipinski definition) is 2. The molecule has 18 heavy (non-hydrogen) atoms. The van der Waals surface area contributed by atoms with Gasteiger partial charge in [0.1, 0.15) is 5.82 Å². The lowest BCUT2D eigenvalue weighted by Crippen LogP contribution is -2.41. The molecule has 1 aliphatic rings. The molecule has 0 radical (unpaired) electrons. The summed E-state index contributed by atoms with van der Waals surface area (Å²) in [5.41, 5.74) is -0.739. The fraction of sp³-hybridized carbons (Fsp3) is 0.182. The van der Waals surface area contributed by atoms with Gasteiger partial charge in [0.05, 0.1) is 5.57 Å². The molecule has 2 rings (SSSR count). The first-order chi connectivity index (χ1) is 8.29. The zero-order valence-corrected chi connectivity index (χ0v) is 8.75. The van der Waals surface area contributed by atoms with Gasteiger partial charge in [-0.1, -0.05) is 0 Å². The maximum atomic E-state index is 12.9.